The lowest BCUT2D eigenvalue weighted by molar-refractivity contribution is -0.136. The third-order valence-electron chi connectivity index (χ3n) is 7.70. The molecule has 8 heteroatoms. The van der Waals surface area contributed by atoms with Crippen molar-refractivity contribution in [3.63, 3.8) is 0 Å². The summed E-state index contributed by atoms with van der Waals surface area (Å²) in [5.41, 5.74) is 2.66. The maximum absolute atomic E-state index is 13.7. The average molecular weight is 478 g/mol. The topological polar surface area (TPSA) is 69.2 Å². The molecule has 1 aromatic carbocycles. The summed E-state index contributed by atoms with van der Waals surface area (Å²) in [5.74, 6) is -0.0860. The van der Waals surface area contributed by atoms with E-state index in [4.69, 9.17) is 4.74 Å². The van der Waals surface area contributed by atoms with E-state index in [2.05, 4.69) is 39.0 Å². The number of imide groups is 1. The molecule has 3 aliphatic rings. The minimum Gasteiger partial charge on any atom is -0.383 e. The van der Waals surface area contributed by atoms with Crippen molar-refractivity contribution in [3.8, 4) is 0 Å². The minimum absolute atomic E-state index is 0.0860. The van der Waals surface area contributed by atoms with Crippen LogP contribution in [-0.2, 0) is 22.6 Å². The number of hydrogen-bond donors (Lipinski definition) is 0. The molecular weight excluding hydrogens is 442 g/mol. The molecule has 0 saturated carbocycles. The lowest BCUT2D eigenvalue weighted by atomic mass is 9.85. The van der Waals surface area contributed by atoms with E-state index in [9.17, 15) is 9.59 Å². The van der Waals surface area contributed by atoms with E-state index in [0.29, 0.717) is 26.0 Å². The van der Waals surface area contributed by atoms with Crippen LogP contribution in [0.15, 0.2) is 48.8 Å². The van der Waals surface area contributed by atoms with Gasteiger partial charge in [-0.3, -0.25) is 19.6 Å². The molecule has 0 unspecified atom stereocenters. The van der Waals surface area contributed by atoms with Gasteiger partial charge in [0.1, 0.15) is 5.54 Å². The monoisotopic (exact) mass is 477 g/mol. The summed E-state index contributed by atoms with van der Waals surface area (Å²) < 4.78 is 5.27. The molecule has 35 heavy (non-hydrogen) atoms. The Morgan fingerprint density at radius 2 is 1.69 bits per heavy atom. The van der Waals surface area contributed by atoms with Crippen LogP contribution in [0.3, 0.4) is 0 Å². The molecule has 3 saturated heterocycles. The molecule has 1 aromatic heterocycles. The SMILES string of the molecule is COCCN1C(=O)N(Cc2cccnc2)C(=O)C12CCN(Cc1ccc(N3CCCC3)cc1)CC2. The van der Waals surface area contributed by atoms with Crippen molar-refractivity contribution in [1.29, 1.82) is 0 Å². The van der Waals surface area contributed by atoms with Gasteiger partial charge in [-0.15, -0.1) is 0 Å². The van der Waals surface area contributed by atoms with Gasteiger partial charge in [0.2, 0.25) is 0 Å². The van der Waals surface area contributed by atoms with Crippen molar-refractivity contribution in [2.24, 2.45) is 0 Å². The molecule has 0 N–H and O–H groups in total. The molecule has 8 nitrogen and oxygen atoms in total. The first kappa shape index (κ1) is 23.8. The zero-order valence-electron chi connectivity index (χ0n) is 20.6. The first-order valence-corrected chi connectivity index (χ1v) is 12.7. The number of aromatic nitrogens is 1. The molecule has 0 bridgehead atoms. The fraction of sp³-hybridized carbons (Fsp3) is 0.519. The summed E-state index contributed by atoms with van der Waals surface area (Å²) in [6.45, 7) is 5.79. The van der Waals surface area contributed by atoms with Crippen molar-refractivity contribution < 1.29 is 14.3 Å². The Labute approximate surface area is 207 Å². The highest BCUT2D eigenvalue weighted by Crippen LogP contribution is 2.38. The summed E-state index contributed by atoms with van der Waals surface area (Å²) >= 11 is 0. The van der Waals surface area contributed by atoms with Gasteiger partial charge in [0.25, 0.3) is 5.91 Å². The normalized spacial score (nSPS) is 20.4. The minimum atomic E-state index is -0.784. The number of pyridine rings is 1. The Hall–Kier alpha value is -2.97. The van der Waals surface area contributed by atoms with Crippen LogP contribution in [0.1, 0.15) is 36.8 Å². The number of methoxy groups -OCH3 is 1. The molecule has 0 aliphatic carbocycles. The summed E-state index contributed by atoms with van der Waals surface area (Å²) in [7, 11) is 1.63. The predicted octanol–water partition coefficient (Wildman–Crippen LogP) is 3.13. The van der Waals surface area contributed by atoms with E-state index in [-0.39, 0.29) is 18.5 Å². The van der Waals surface area contributed by atoms with Crippen LogP contribution in [-0.4, -0.2) is 83.6 Å². The average Bonchev–Trinajstić information content (AvgIpc) is 3.49. The van der Waals surface area contributed by atoms with Gasteiger partial charge < -0.3 is 14.5 Å². The van der Waals surface area contributed by atoms with E-state index >= 15 is 0 Å². The number of benzene rings is 1. The van der Waals surface area contributed by atoms with Gasteiger partial charge >= 0.3 is 6.03 Å². The number of nitrogens with zero attached hydrogens (tertiary/aromatic N) is 5. The molecule has 3 amide bonds. The van der Waals surface area contributed by atoms with Crippen LogP contribution in [0.4, 0.5) is 10.5 Å². The Bertz CT molecular complexity index is 1010. The summed E-state index contributed by atoms with van der Waals surface area (Å²) in [6.07, 6.45) is 7.23. The molecule has 186 valence electrons. The lowest BCUT2D eigenvalue weighted by Crippen LogP contribution is -2.57. The Morgan fingerprint density at radius 3 is 2.34 bits per heavy atom. The first-order chi connectivity index (χ1) is 17.1. The van der Waals surface area contributed by atoms with E-state index in [1.165, 1.54) is 29.0 Å². The molecule has 2 aromatic rings. The van der Waals surface area contributed by atoms with E-state index in [1.807, 2.05) is 12.1 Å². The molecule has 3 aliphatic heterocycles. The van der Waals surface area contributed by atoms with E-state index in [1.54, 1.807) is 24.4 Å². The summed E-state index contributed by atoms with van der Waals surface area (Å²) in [6, 6.07) is 12.4. The molecule has 3 fully saturated rings. The third-order valence-corrected chi connectivity index (χ3v) is 7.70. The van der Waals surface area contributed by atoms with Crippen LogP contribution in [0.2, 0.25) is 0 Å². The van der Waals surface area contributed by atoms with Crippen molar-refractivity contribution in [2.45, 2.75) is 44.3 Å². The number of likely N-dealkylation sites (tertiary alicyclic amines) is 1. The highest BCUT2D eigenvalue weighted by Gasteiger charge is 2.57. The Morgan fingerprint density at radius 1 is 0.943 bits per heavy atom. The smallest absolute Gasteiger partial charge is 0.328 e. The zero-order valence-corrected chi connectivity index (χ0v) is 20.6. The number of piperidine rings is 1. The number of hydrogen-bond acceptors (Lipinski definition) is 6. The van der Waals surface area contributed by atoms with E-state index < -0.39 is 5.54 Å². The van der Waals surface area contributed by atoms with E-state index in [0.717, 1.165) is 38.3 Å². The zero-order chi connectivity index (χ0) is 24.3. The maximum Gasteiger partial charge on any atom is 0.328 e. The van der Waals surface area contributed by atoms with Crippen molar-refractivity contribution in [3.05, 3.63) is 59.9 Å². The van der Waals surface area contributed by atoms with Crippen LogP contribution in [0.25, 0.3) is 0 Å². The highest BCUT2D eigenvalue weighted by molar-refractivity contribution is 6.07. The van der Waals surface area contributed by atoms with Gasteiger partial charge in [-0.1, -0.05) is 18.2 Å². The van der Waals surface area contributed by atoms with Crippen molar-refractivity contribution in [1.82, 2.24) is 19.7 Å². The number of amides is 3. The van der Waals surface area contributed by atoms with Gasteiger partial charge in [-0.25, -0.2) is 4.79 Å². The van der Waals surface area contributed by atoms with Crippen LogP contribution >= 0.6 is 0 Å². The standard InChI is InChI=1S/C27H35N5O3/c1-35-18-17-32-26(34)31(21-23-5-4-12-28-19-23)25(33)27(32)10-15-29(16-11-27)20-22-6-8-24(9-7-22)30-13-2-3-14-30/h4-9,12,19H,2-3,10-11,13-18,20-21H2,1H3. The maximum atomic E-state index is 13.7. The number of carbonyl (C=O) groups is 2. The van der Waals surface area contributed by atoms with Crippen LogP contribution in [0, 0.1) is 0 Å². The molecule has 5 rings (SSSR count). The number of ether oxygens (including phenoxy) is 1. The lowest BCUT2D eigenvalue weighted by Gasteiger charge is -2.42. The van der Waals surface area contributed by atoms with Crippen LogP contribution in [0.5, 0.6) is 0 Å². The fourth-order valence-corrected chi connectivity index (χ4v) is 5.70. The number of anilines is 1. The second-order valence-electron chi connectivity index (χ2n) is 9.85. The molecular formula is C27H35N5O3. The molecule has 0 radical (unpaired) electrons. The number of carbonyl (C=O) groups excluding carboxylic acids is 2. The summed E-state index contributed by atoms with van der Waals surface area (Å²) in [5, 5.41) is 0. The van der Waals surface area contributed by atoms with Crippen molar-refractivity contribution >= 4 is 17.6 Å². The second-order valence-corrected chi connectivity index (χ2v) is 9.85. The fourth-order valence-electron chi connectivity index (χ4n) is 5.70. The predicted molar refractivity (Wildman–Crippen MR) is 134 cm³/mol. The van der Waals surface area contributed by atoms with Gasteiger partial charge in [-0.2, -0.15) is 0 Å². The van der Waals surface area contributed by atoms with Gasteiger partial charge in [0.05, 0.1) is 13.2 Å². The molecule has 4 heterocycles. The highest BCUT2D eigenvalue weighted by atomic mass is 16.5. The quantitative estimate of drug-likeness (QED) is 0.544. The van der Waals surface area contributed by atoms with Gasteiger partial charge in [0.15, 0.2) is 0 Å². The molecule has 1 spiro atoms. The van der Waals surface area contributed by atoms with Crippen LogP contribution < -0.4 is 4.90 Å². The first-order valence-electron chi connectivity index (χ1n) is 12.7. The largest absolute Gasteiger partial charge is 0.383 e. The Balaban J connectivity index is 1.26. The second kappa shape index (κ2) is 10.3. The van der Waals surface area contributed by atoms with Gasteiger partial charge in [0, 0.05) is 64.5 Å². The van der Waals surface area contributed by atoms with Crippen molar-refractivity contribution in [2.75, 3.05) is 51.3 Å². The number of urea groups is 1. The third kappa shape index (κ3) is 4.77. The Kier molecular flexibility index (Phi) is 7.02. The summed E-state index contributed by atoms with van der Waals surface area (Å²) in [4.78, 5) is 39.2. The molecule has 0 atom stereocenters. The van der Waals surface area contributed by atoms with Gasteiger partial charge in [-0.05, 0) is 55.0 Å². The number of rotatable bonds is 8.